The van der Waals surface area contributed by atoms with E-state index in [2.05, 4.69) is 25.6 Å². The number of pyridine rings is 1. The van der Waals surface area contributed by atoms with Crippen LogP contribution < -0.4 is 5.56 Å². The van der Waals surface area contributed by atoms with E-state index in [1.165, 1.54) is 4.57 Å². The van der Waals surface area contributed by atoms with Crippen LogP contribution in [0.15, 0.2) is 9.79 Å². The lowest BCUT2D eigenvalue weighted by atomic mass is 10.0. The van der Waals surface area contributed by atoms with Crippen molar-refractivity contribution >= 4 is 12.4 Å². The maximum Gasteiger partial charge on any atom is 0.279 e. The Morgan fingerprint density at radius 1 is 1.20 bits per heavy atom. The van der Waals surface area contributed by atoms with E-state index in [9.17, 15) is 9.90 Å². The molecular formula is C16H26N2O2. The van der Waals surface area contributed by atoms with Crippen molar-refractivity contribution in [3.05, 3.63) is 21.5 Å². The first-order valence-corrected chi connectivity index (χ1v) is 7.22. The van der Waals surface area contributed by atoms with E-state index in [-0.39, 0.29) is 17.5 Å². The van der Waals surface area contributed by atoms with Crippen molar-refractivity contribution in [2.75, 3.05) is 0 Å². The molecule has 0 aliphatic heterocycles. The van der Waals surface area contributed by atoms with Gasteiger partial charge in [-0.2, -0.15) is 0 Å². The summed E-state index contributed by atoms with van der Waals surface area (Å²) in [6.07, 6.45) is 3.02. The van der Waals surface area contributed by atoms with Gasteiger partial charge in [0, 0.05) is 11.6 Å². The number of aromatic nitrogens is 1. The molecule has 0 saturated carbocycles. The highest BCUT2D eigenvalue weighted by atomic mass is 16.3. The topological polar surface area (TPSA) is 54.6 Å². The second-order valence-electron chi connectivity index (χ2n) is 5.93. The summed E-state index contributed by atoms with van der Waals surface area (Å²) < 4.78 is 1.45. The van der Waals surface area contributed by atoms with Gasteiger partial charge in [0.15, 0.2) is 5.88 Å². The fraction of sp³-hybridized carbons (Fsp3) is 0.625. The molecule has 1 atom stereocenters. The average Bonchev–Trinajstić information content (AvgIpc) is 2.36. The molecule has 1 aromatic rings. The first-order valence-electron chi connectivity index (χ1n) is 7.22. The van der Waals surface area contributed by atoms with Crippen LogP contribution in [0.3, 0.4) is 0 Å². The van der Waals surface area contributed by atoms with Gasteiger partial charge in [0.05, 0.1) is 0 Å². The number of rotatable bonds is 6. The normalized spacial score (nSPS) is 12.7. The maximum absolute atomic E-state index is 12.4. The van der Waals surface area contributed by atoms with Crippen molar-refractivity contribution in [1.29, 1.82) is 0 Å². The van der Waals surface area contributed by atoms with Gasteiger partial charge in [0.2, 0.25) is 0 Å². The molecule has 0 aromatic carbocycles. The van der Waals surface area contributed by atoms with Crippen LogP contribution >= 0.6 is 0 Å². The monoisotopic (exact) mass is 278 g/mol. The molecule has 0 fully saturated rings. The lowest BCUT2D eigenvalue weighted by Gasteiger charge is -2.20. The van der Waals surface area contributed by atoms with Gasteiger partial charge < -0.3 is 5.11 Å². The zero-order valence-corrected chi connectivity index (χ0v) is 13.2. The van der Waals surface area contributed by atoms with E-state index >= 15 is 0 Å². The molecule has 1 heterocycles. The number of hydrogen-bond acceptors (Lipinski definition) is 3. The third-order valence-electron chi connectivity index (χ3n) is 3.90. The van der Waals surface area contributed by atoms with Crippen LogP contribution in [-0.2, 0) is 0 Å². The summed E-state index contributed by atoms with van der Waals surface area (Å²) in [5, 5.41) is 10.3. The first-order chi connectivity index (χ1) is 9.31. The second kappa shape index (κ2) is 6.73. The number of aliphatic imine (C=N–C) groups is 1. The zero-order chi connectivity index (χ0) is 15.4. The molecule has 0 bridgehead atoms. The quantitative estimate of drug-likeness (QED) is 0.803. The maximum atomic E-state index is 12.4. The van der Waals surface area contributed by atoms with Gasteiger partial charge in [-0.1, -0.05) is 26.7 Å². The molecule has 0 saturated heterocycles. The molecular weight excluding hydrogens is 252 g/mol. The standard InChI is InChI=1S/C16H26N2O2/c1-10(2)8-7-9-11(3)18-15(19)13(5)12(4)14(17-6)16(18)20/h10-11,19H,6-9H2,1-5H3. The summed E-state index contributed by atoms with van der Waals surface area (Å²) in [5.74, 6) is 0.703. The highest BCUT2D eigenvalue weighted by molar-refractivity contribution is 5.54. The largest absolute Gasteiger partial charge is 0.494 e. The molecule has 0 aliphatic carbocycles. The summed E-state index contributed by atoms with van der Waals surface area (Å²) in [6, 6.07) is -0.0407. The highest BCUT2D eigenvalue weighted by Gasteiger charge is 2.19. The van der Waals surface area contributed by atoms with Crippen LogP contribution in [0, 0.1) is 19.8 Å². The molecule has 0 spiro atoms. The third-order valence-corrected chi connectivity index (χ3v) is 3.90. The molecule has 0 aliphatic rings. The number of hydrogen-bond donors (Lipinski definition) is 1. The summed E-state index contributed by atoms with van der Waals surface area (Å²) >= 11 is 0. The summed E-state index contributed by atoms with van der Waals surface area (Å²) in [4.78, 5) is 16.2. The molecule has 4 heteroatoms. The molecule has 1 N–H and O–H groups in total. The van der Waals surface area contributed by atoms with E-state index in [1.54, 1.807) is 13.8 Å². The van der Waals surface area contributed by atoms with Crippen molar-refractivity contribution in [2.45, 2.75) is 59.9 Å². The van der Waals surface area contributed by atoms with Crippen molar-refractivity contribution < 1.29 is 5.11 Å². The Balaban J connectivity index is 3.14. The van der Waals surface area contributed by atoms with Gasteiger partial charge in [0.25, 0.3) is 5.56 Å². The molecule has 1 unspecified atom stereocenters. The van der Waals surface area contributed by atoms with Crippen molar-refractivity contribution in [1.82, 2.24) is 4.57 Å². The summed E-state index contributed by atoms with van der Waals surface area (Å²) in [7, 11) is 0. The zero-order valence-electron chi connectivity index (χ0n) is 13.2. The minimum absolute atomic E-state index is 0.0407. The molecule has 0 radical (unpaired) electrons. The first kappa shape index (κ1) is 16.5. The van der Waals surface area contributed by atoms with Gasteiger partial charge in [-0.25, -0.2) is 0 Å². The molecule has 4 nitrogen and oxygen atoms in total. The Labute approximate surface area is 121 Å². The van der Waals surface area contributed by atoms with Gasteiger partial charge in [-0.15, -0.1) is 0 Å². The Bertz CT molecular complexity index is 544. The average molecular weight is 278 g/mol. The number of aromatic hydroxyl groups is 1. The van der Waals surface area contributed by atoms with Crippen LogP contribution in [0.1, 0.15) is 57.2 Å². The lowest BCUT2D eigenvalue weighted by Crippen LogP contribution is -2.24. The van der Waals surface area contributed by atoms with Gasteiger partial charge >= 0.3 is 0 Å². The Hall–Kier alpha value is -1.58. The van der Waals surface area contributed by atoms with Crippen LogP contribution in [-0.4, -0.2) is 16.4 Å². The van der Waals surface area contributed by atoms with Crippen molar-refractivity contribution in [3.8, 4) is 5.88 Å². The van der Waals surface area contributed by atoms with Gasteiger partial charge in [0.1, 0.15) is 5.69 Å². The number of nitrogens with zero attached hydrogens (tertiary/aromatic N) is 2. The summed E-state index contributed by atoms with van der Waals surface area (Å²) in [6.45, 7) is 13.4. The minimum atomic E-state index is -0.252. The van der Waals surface area contributed by atoms with E-state index in [1.807, 2.05) is 6.92 Å². The highest BCUT2D eigenvalue weighted by Crippen LogP contribution is 2.28. The molecule has 0 amide bonds. The molecule has 20 heavy (non-hydrogen) atoms. The predicted molar refractivity (Wildman–Crippen MR) is 84.4 cm³/mol. The molecule has 112 valence electrons. The Kier molecular flexibility index (Phi) is 5.54. The Morgan fingerprint density at radius 3 is 2.30 bits per heavy atom. The summed E-state index contributed by atoms with van der Waals surface area (Å²) in [5.41, 5.74) is 1.49. The third kappa shape index (κ3) is 3.30. The lowest BCUT2D eigenvalue weighted by molar-refractivity contribution is 0.355. The van der Waals surface area contributed by atoms with Gasteiger partial charge in [-0.3, -0.25) is 14.4 Å². The van der Waals surface area contributed by atoms with Crippen LogP contribution in [0.25, 0.3) is 0 Å². The fourth-order valence-electron chi connectivity index (χ4n) is 2.44. The van der Waals surface area contributed by atoms with E-state index < -0.39 is 0 Å². The smallest absolute Gasteiger partial charge is 0.279 e. The molecule has 1 aromatic heterocycles. The van der Waals surface area contributed by atoms with E-state index in [4.69, 9.17) is 0 Å². The Morgan fingerprint density at radius 2 is 1.80 bits per heavy atom. The fourth-order valence-corrected chi connectivity index (χ4v) is 2.44. The minimum Gasteiger partial charge on any atom is -0.494 e. The SMILES string of the molecule is C=Nc1c(C)c(C)c(O)n(C(C)CCCC(C)C)c1=O. The van der Waals surface area contributed by atoms with Gasteiger partial charge in [-0.05, 0) is 45.4 Å². The van der Waals surface area contributed by atoms with Crippen molar-refractivity contribution in [3.63, 3.8) is 0 Å². The van der Waals surface area contributed by atoms with Crippen LogP contribution in [0.5, 0.6) is 5.88 Å². The second-order valence-corrected chi connectivity index (χ2v) is 5.93. The van der Waals surface area contributed by atoms with E-state index in [0.29, 0.717) is 22.7 Å². The van der Waals surface area contributed by atoms with E-state index in [0.717, 1.165) is 19.3 Å². The van der Waals surface area contributed by atoms with Crippen LogP contribution in [0.4, 0.5) is 5.69 Å². The predicted octanol–water partition coefficient (Wildman–Crippen LogP) is 3.89. The van der Waals surface area contributed by atoms with Crippen LogP contribution in [0.2, 0.25) is 0 Å². The molecule has 1 rings (SSSR count). The van der Waals surface area contributed by atoms with Crippen molar-refractivity contribution in [2.24, 2.45) is 10.9 Å².